The van der Waals surface area contributed by atoms with Gasteiger partial charge in [-0.15, -0.1) is 11.8 Å². The molecule has 1 heterocycles. The van der Waals surface area contributed by atoms with Gasteiger partial charge in [-0.2, -0.15) is 0 Å². The molecule has 0 saturated heterocycles. The van der Waals surface area contributed by atoms with Crippen LogP contribution in [0.25, 0.3) is 0 Å². The Balaban J connectivity index is 1.72. The third-order valence-electron chi connectivity index (χ3n) is 4.86. The summed E-state index contributed by atoms with van der Waals surface area (Å²) in [6.07, 6.45) is 0.476. The Kier molecular flexibility index (Phi) is 8.05. The molecule has 1 aliphatic rings. The summed E-state index contributed by atoms with van der Waals surface area (Å²) < 4.78 is 10.2. The number of nitrogens with zero attached hydrogens (tertiary/aromatic N) is 2. The molecular weight excluding hydrogens is 426 g/mol. The molecule has 0 atom stereocenters. The molecule has 1 N–H and O–H groups in total. The van der Waals surface area contributed by atoms with Crippen molar-refractivity contribution in [2.75, 3.05) is 24.8 Å². The molecule has 0 spiro atoms. The normalized spacial score (nSPS) is 12.8. The number of benzene rings is 2. The Bertz CT molecular complexity index is 1060. The maximum Gasteiger partial charge on any atom is 0.311 e. The quantitative estimate of drug-likeness (QED) is 0.586. The van der Waals surface area contributed by atoms with Crippen molar-refractivity contribution in [3.63, 3.8) is 0 Å². The van der Waals surface area contributed by atoms with E-state index in [4.69, 9.17) is 14.5 Å². The second-order valence-electron chi connectivity index (χ2n) is 7.33. The average Bonchev–Trinajstić information content (AvgIpc) is 2.92. The predicted molar refractivity (Wildman–Crippen MR) is 130 cm³/mol. The van der Waals surface area contributed by atoms with Crippen molar-refractivity contribution in [3.05, 3.63) is 47.5 Å². The second-order valence-corrected chi connectivity index (χ2v) is 8.38. The fourth-order valence-electron chi connectivity index (χ4n) is 3.09. The summed E-state index contributed by atoms with van der Waals surface area (Å²) in [5.41, 5.74) is 5.04. The van der Waals surface area contributed by atoms with Crippen LogP contribution in [0.3, 0.4) is 0 Å². The SMILES string of the molecule is CCOc1ccc(NC(=O)CSC2=Nc3cc(C)c(C)cc3N=C(CC(=O)OC)C2)cc1. The van der Waals surface area contributed by atoms with Crippen LogP contribution >= 0.6 is 11.8 Å². The first-order valence-corrected chi connectivity index (χ1v) is 11.3. The number of aliphatic imine (C=N–C) groups is 2. The smallest absolute Gasteiger partial charge is 0.311 e. The van der Waals surface area contributed by atoms with Crippen LogP contribution in [0.4, 0.5) is 17.1 Å². The van der Waals surface area contributed by atoms with Gasteiger partial charge in [0.15, 0.2) is 0 Å². The number of carbonyl (C=O) groups excluding carboxylic acids is 2. The van der Waals surface area contributed by atoms with Crippen LogP contribution in [-0.2, 0) is 14.3 Å². The van der Waals surface area contributed by atoms with E-state index in [0.29, 0.717) is 24.4 Å². The fraction of sp³-hybridized carbons (Fsp3) is 0.333. The highest BCUT2D eigenvalue weighted by atomic mass is 32.2. The van der Waals surface area contributed by atoms with E-state index in [2.05, 4.69) is 10.3 Å². The summed E-state index contributed by atoms with van der Waals surface area (Å²) in [6.45, 7) is 6.55. The van der Waals surface area contributed by atoms with Crippen LogP contribution in [0.2, 0.25) is 0 Å². The highest BCUT2D eigenvalue weighted by molar-refractivity contribution is 8.14. The number of carbonyl (C=O) groups is 2. The van der Waals surface area contributed by atoms with Crippen molar-refractivity contribution in [2.24, 2.45) is 9.98 Å². The highest BCUT2D eigenvalue weighted by Crippen LogP contribution is 2.35. The van der Waals surface area contributed by atoms with Gasteiger partial charge in [0.25, 0.3) is 0 Å². The number of methoxy groups -OCH3 is 1. The summed E-state index contributed by atoms with van der Waals surface area (Å²) in [6, 6.07) is 11.2. The largest absolute Gasteiger partial charge is 0.494 e. The van der Waals surface area contributed by atoms with Crippen molar-refractivity contribution < 1.29 is 19.1 Å². The van der Waals surface area contributed by atoms with Gasteiger partial charge < -0.3 is 14.8 Å². The minimum absolute atomic E-state index is 0.0841. The molecule has 2 aromatic carbocycles. The summed E-state index contributed by atoms with van der Waals surface area (Å²) in [5.74, 6) is 0.457. The molecule has 168 valence electrons. The molecule has 0 saturated carbocycles. The van der Waals surface area contributed by atoms with Crippen molar-refractivity contribution in [1.82, 2.24) is 0 Å². The number of fused-ring (bicyclic) bond motifs is 1. The molecule has 32 heavy (non-hydrogen) atoms. The Morgan fingerprint density at radius 2 is 1.72 bits per heavy atom. The third kappa shape index (κ3) is 6.43. The Hall–Kier alpha value is -3.13. The van der Waals surface area contributed by atoms with Crippen LogP contribution in [0, 0.1) is 13.8 Å². The number of anilines is 1. The molecule has 0 fully saturated rings. The van der Waals surface area contributed by atoms with Crippen LogP contribution in [0.1, 0.15) is 30.9 Å². The zero-order valence-electron chi connectivity index (χ0n) is 18.7. The molecule has 1 aliphatic heterocycles. The van der Waals surface area contributed by atoms with Gasteiger partial charge in [0.2, 0.25) is 5.91 Å². The zero-order chi connectivity index (χ0) is 23.1. The van der Waals surface area contributed by atoms with Gasteiger partial charge in [-0.05, 0) is 68.3 Å². The molecule has 1 amide bonds. The maximum atomic E-state index is 12.5. The lowest BCUT2D eigenvalue weighted by Gasteiger charge is -2.08. The van der Waals surface area contributed by atoms with Crippen LogP contribution in [0.15, 0.2) is 46.4 Å². The molecule has 0 bridgehead atoms. The minimum Gasteiger partial charge on any atom is -0.494 e. The lowest BCUT2D eigenvalue weighted by atomic mass is 10.1. The monoisotopic (exact) mass is 453 g/mol. The molecule has 7 nitrogen and oxygen atoms in total. The van der Waals surface area contributed by atoms with Gasteiger partial charge in [0, 0.05) is 17.8 Å². The van der Waals surface area contributed by atoms with Crippen LogP contribution in [0.5, 0.6) is 5.75 Å². The van der Waals surface area contributed by atoms with Crippen molar-refractivity contribution in [1.29, 1.82) is 0 Å². The zero-order valence-corrected chi connectivity index (χ0v) is 19.5. The van der Waals surface area contributed by atoms with Crippen LogP contribution < -0.4 is 10.1 Å². The van der Waals surface area contributed by atoms with E-state index in [-0.39, 0.29) is 24.1 Å². The molecule has 0 radical (unpaired) electrons. The molecule has 0 unspecified atom stereocenters. The number of rotatable bonds is 7. The lowest BCUT2D eigenvalue weighted by molar-refractivity contribution is -0.139. The topological polar surface area (TPSA) is 89.4 Å². The first kappa shape index (κ1) is 23.5. The summed E-state index contributed by atoms with van der Waals surface area (Å²) in [4.78, 5) is 33.7. The third-order valence-corrected chi connectivity index (χ3v) is 5.84. The number of ether oxygens (including phenoxy) is 2. The van der Waals surface area contributed by atoms with Gasteiger partial charge >= 0.3 is 5.97 Å². The molecule has 2 aromatic rings. The second kappa shape index (κ2) is 10.9. The van der Waals surface area contributed by atoms with E-state index in [1.54, 1.807) is 12.1 Å². The summed E-state index contributed by atoms with van der Waals surface area (Å²) in [5, 5.41) is 3.61. The van der Waals surface area contributed by atoms with E-state index in [1.807, 2.05) is 45.0 Å². The van der Waals surface area contributed by atoms with Gasteiger partial charge in [0.05, 0.1) is 42.3 Å². The molecule has 3 rings (SSSR count). The Morgan fingerprint density at radius 1 is 1.06 bits per heavy atom. The minimum atomic E-state index is -0.353. The average molecular weight is 454 g/mol. The van der Waals surface area contributed by atoms with E-state index in [1.165, 1.54) is 18.9 Å². The number of aryl methyl sites for hydroxylation is 2. The van der Waals surface area contributed by atoms with Gasteiger partial charge in [-0.1, -0.05) is 0 Å². The number of esters is 1. The predicted octanol–water partition coefficient (Wildman–Crippen LogP) is 5.14. The maximum absolute atomic E-state index is 12.5. The van der Waals surface area contributed by atoms with Gasteiger partial charge in [-0.3, -0.25) is 14.6 Å². The number of thioether (sulfide) groups is 1. The molecule has 0 aromatic heterocycles. The number of hydrogen-bond donors (Lipinski definition) is 1. The van der Waals surface area contributed by atoms with Crippen molar-refractivity contribution in [2.45, 2.75) is 33.6 Å². The Labute approximate surface area is 192 Å². The van der Waals surface area contributed by atoms with E-state index >= 15 is 0 Å². The first-order chi connectivity index (χ1) is 15.4. The van der Waals surface area contributed by atoms with E-state index in [9.17, 15) is 9.59 Å². The Morgan fingerprint density at radius 3 is 2.34 bits per heavy atom. The summed E-state index contributed by atoms with van der Waals surface area (Å²) >= 11 is 1.34. The lowest BCUT2D eigenvalue weighted by Crippen LogP contribution is -2.17. The summed E-state index contributed by atoms with van der Waals surface area (Å²) in [7, 11) is 1.36. The van der Waals surface area contributed by atoms with Crippen LogP contribution in [-0.4, -0.2) is 42.1 Å². The van der Waals surface area contributed by atoms with E-state index in [0.717, 1.165) is 33.3 Å². The number of hydrogen-bond acceptors (Lipinski definition) is 7. The van der Waals surface area contributed by atoms with Gasteiger partial charge in [-0.25, -0.2) is 4.99 Å². The number of nitrogens with one attached hydrogen (secondary N) is 1. The fourth-order valence-corrected chi connectivity index (χ4v) is 3.90. The molecular formula is C24H27N3O4S. The van der Waals surface area contributed by atoms with E-state index < -0.39 is 0 Å². The van der Waals surface area contributed by atoms with Crippen molar-refractivity contribution in [3.8, 4) is 5.75 Å². The van der Waals surface area contributed by atoms with Crippen molar-refractivity contribution >= 4 is 51.5 Å². The first-order valence-electron chi connectivity index (χ1n) is 10.4. The number of amides is 1. The molecule has 0 aliphatic carbocycles. The highest BCUT2D eigenvalue weighted by Gasteiger charge is 2.18. The standard InChI is InChI=1S/C24H27N3O4S/c1-5-31-19-8-6-17(7-9-19)26-22(28)14-32-23-12-18(13-24(29)30-4)25-20-10-15(2)16(3)11-21(20)27-23/h6-11H,5,12-14H2,1-4H3,(H,26,28). The van der Waals surface area contributed by atoms with Gasteiger partial charge in [0.1, 0.15) is 5.75 Å². The molecule has 8 heteroatoms.